The van der Waals surface area contributed by atoms with Gasteiger partial charge in [0.1, 0.15) is 17.1 Å². The molecule has 7 nitrogen and oxygen atoms in total. The Morgan fingerprint density at radius 2 is 1.84 bits per heavy atom. The van der Waals surface area contributed by atoms with Crippen LogP contribution in [0.25, 0.3) is 11.3 Å². The van der Waals surface area contributed by atoms with Crippen molar-refractivity contribution in [1.29, 1.82) is 0 Å². The van der Waals surface area contributed by atoms with Gasteiger partial charge in [0.25, 0.3) is 5.91 Å². The van der Waals surface area contributed by atoms with Crippen LogP contribution in [-0.2, 0) is 6.54 Å². The van der Waals surface area contributed by atoms with Gasteiger partial charge in [0.15, 0.2) is 0 Å². The summed E-state index contributed by atoms with van der Waals surface area (Å²) in [5.74, 6) is 0.393. The Hall–Kier alpha value is -4.26. The molecule has 4 aromatic rings. The van der Waals surface area contributed by atoms with E-state index in [4.69, 9.17) is 9.84 Å². The highest BCUT2D eigenvalue weighted by molar-refractivity contribution is 5.94. The Balaban J connectivity index is 1.59. The van der Waals surface area contributed by atoms with Crippen LogP contribution in [0.5, 0.6) is 5.75 Å². The van der Waals surface area contributed by atoms with E-state index < -0.39 is 0 Å². The molecular weight excluding hydrogens is 390 g/mol. The molecule has 0 radical (unpaired) electrons. The second kappa shape index (κ2) is 9.49. The molecule has 0 saturated heterocycles. The van der Waals surface area contributed by atoms with E-state index in [1.54, 1.807) is 37.7 Å². The van der Waals surface area contributed by atoms with Crippen molar-refractivity contribution in [1.82, 2.24) is 20.2 Å². The van der Waals surface area contributed by atoms with E-state index >= 15 is 0 Å². The lowest BCUT2D eigenvalue weighted by Gasteiger charge is -2.03. The molecule has 2 aromatic carbocycles. The minimum atomic E-state index is -0.375. The molecule has 0 aliphatic heterocycles. The molecule has 7 heteroatoms. The van der Waals surface area contributed by atoms with Gasteiger partial charge in [0, 0.05) is 23.5 Å². The maximum Gasteiger partial charge on any atom is 0.289 e. The summed E-state index contributed by atoms with van der Waals surface area (Å²) in [7, 11) is 1.63. The van der Waals surface area contributed by atoms with Gasteiger partial charge < -0.3 is 4.74 Å². The first-order valence-electron chi connectivity index (χ1n) is 9.73. The van der Waals surface area contributed by atoms with Crippen LogP contribution in [0.3, 0.4) is 0 Å². The number of amides is 1. The molecular formula is C24H21N5O2. The molecule has 4 rings (SSSR count). The number of aromatic nitrogens is 3. The van der Waals surface area contributed by atoms with Crippen molar-refractivity contribution >= 4 is 12.1 Å². The lowest BCUT2D eigenvalue weighted by Crippen LogP contribution is -2.18. The van der Waals surface area contributed by atoms with E-state index in [1.165, 1.54) is 0 Å². The zero-order valence-corrected chi connectivity index (χ0v) is 17.0. The van der Waals surface area contributed by atoms with Crippen molar-refractivity contribution in [2.45, 2.75) is 6.54 Å². The minimum Gasteiger partial charge on any atom is -0.497 e. The molecule has 0 aliphatic carbocycles. The van der Waals surface area contributed by atoms with Crippen LogP contribution < -0.4 is 10.2 Å². The summed E-state index contributed by atoms with van der Waals surface area (Å²) >= 11 is 0. The van der Waals surface area contributed by atoms with Crippen LogP contribution in [0, 0.1) is 0 Å². The van der Waals surface area contributed by atoms with Gasteiger partial charge in [-0.1, -0.05) is 36.4 Å². The van der Waals surface area contributed by atoms with Gasteiger partial charge in [-0.05, 0) is 42.0 Å². The average Bonchev–Trinajstić information content (AvgIpc) is 3.22. The number of carbonyl (C=O) groups excluding carboxylic acids is 1. The van der Waals surface area contributed by atoms with E-state index in [9.17, 15) is 4.79 Å². The lowest BCUT2D eigenvalue weighted by atomic mass is 10.1. The van der Waals surface area contributed by atoms with Gasteiger partial charge in [0.05, 0.1) is 19.9 Å². The Morgan fingerprint density at radius 3 is 2.55 bits per heavy atom. The van der Waals surface area contributed by atoms with Crippen LogP contribution >= 0.6 is 0 Å². The standard InChI is InChI=1S/C24H21N5O2/c1-31-21-12-10-19(11-13-21)23-20(15-26-27-24(30)22-9-5-6-14-25-22)17-29(28-23)16-18-7-3-2-4-8-18/h2-15,17H,16H2,1H3,(H,27,30)/b26-15-. The third-order valence-electron chi connectivity index (χ3n) is 4.61. The predicted molar refractivity (Wildman–Crippen MR) is 119 cm³/mol. The second-order valence-corrected chi connectivity index (χ2v) is 6.76. The maximum absolute atomic E-state index is 12.2. The summed E-state index contributed by atoms with van der Waals surface area (Å²) in [5, 5.41) is 8.86. The number of nitrogens with one attached hydrogen (secondary N) is 1. The van der Waals surface area contributed by atoms with Gasteiger partial charge in [-0.3, -0.25) is 14.5 Å². The van der Waals surface area contributed by atoms with Gasteiger partial charge in [-0.15, -0.1) is 0 Å². The SMILES string of the molecule is COc1ccc(-c2nn(Cc3ccccc3)cc2/C=N\NC(=O)c2ccccn2)cc1. The number of hydrogen-bond acceptors (Lipinski definition) is 5. The van der Waals surface area contributed by atoms with Crippen molar-refractivity contribution in [2.24, 2.45) is 5.10 Å². The van der Waals surface area contributed by atoms with E-state index in [0.717, 1.165) is 28.1 Å². The molecule has 2 aromatic heterocycles. The molecule has 1 N–H and O–H groups in total. The third kappa shape index (κ3) is 5.02. The van der Waals surface area contributed by atoms with E-state index in [-0.39, 0.29) is 5.91 Å². The normalized spacial score (nSPS) is 10.9. The molecule has 154 valence electrons. The number of methoxy groups -OCH3 is 1. The third-order valence-corrected chi connectivity index (χ3v) is 4.61. The quantitative estimate of drug-likeness (QED) is 0.371. The fraction of sp³-hybridized carbons (Fsp3) is 0.0833. The monoisotopic (exact) mass is 411 g/mol. The Kier molecular flexibility index (Phi) is 6.13. The van der Waals surface area contributed by atoms with Crippen LogP contribution in [0.2, 0.25) is 0 Å². The number of hydrazone groups is 1. The number of nitrogens with zero attached hydrogens (tertiary/aromatic N) is 4. The highest BCUT2D eigenvalue weighted by atomic mass is 16.5. The van der Waals surface area contributed by atoms with Crippen LogP contribution in [-0.4, -0.2) is 34.0 Å². The van der Waals surface area contributed by atoms with Gasteiger partial charge in [-0.25, -0.2) is 5.43 Å². The summed E-state index contributed by atoms with van der Waals surface area (Å²) < 4.78 is 7.11. The van der Waals surface area contributed by atoms with E-state index in [2.05, 4.69) is 27.6 Å². The summed E-state index contributed by atoms with van der Waals surface area (Å²) in [4.78, 5) is 16.2. The first-order chi connectivity index (χ1) is 15.2. The fourth-order valence-electron chi connectivity index (χ4n) is 3.07. The molecule has 0 spiro atoms. The van der Waals surface area contributed by atoms with Crippen molar-refractivity contribution in [3.8, 4) is 17.0 Å². The Labute approximate surface area is 180 Å². The number of rotatable bonds is 7. The largest absolute Gasteiger partial charge is 0.497 e. The molecule has 0 aliphatic rings. The van der Waals surface area contributed by atoms with Crippen molar-refractivity contribution < 1.29 is 9.53 Å². The van der Waals surface area contributed by atoms with Crippen molar-refractivity contribution in [3.05, 3.63) is 102 Å². The molecule has 0 atom stereocenters. The van der Waals surface area contributed by atoms with Gasteiger partial charge >= 0.3 is 0 Å². The molecule has 0 bridgehead atoms. The topological polar surface area (TPSA) is 81.4 Å². The maximum atomic E-state index is 12.2. The average molecular weight is 411 g/mol. The molecule has 0 fully saturated rings. The molecule has 0 saturated carbocycles. The fourth-order valence-corrected chi connectivity index (χ4v) is 3.07. The molecule has 1 amide bonds. The first kappa shape index (κ1) is 20.0. The smallest absolute Gasteiger partial charge is 0.289 e. The summed E-state index contributed by atoms with van der Waals surface area (Å²) in [6.07, 6.45) is 5.06. The lowest BCUT2D eigenvalue weighted by molar-refractivity contribution is 0.0950. The molecule has 31 heavy (non-hydrogen) atoms. The zero-order valence-electron chi connectivity index (χ0n) is 17.0. The highest BCUT2D eigenvalue weighted by Gasteiger charge is 2.11. The Morgan fingerprint density at radius 1 is 1.06 bits per heavy atom. The Bertz CT molecular complexity index is 1170. The van der Waals surface area contributed by atoms with E-state index in [1.807, 2.05) is 53.3 Å². The molecule has 0 unspecified atom stereocenters. The number of carbonyl (C=O) groups is 1. The predicted octanol–water partition coefficient (Wildman–Crippen LogP) is 3.77. The van der Waals surface area contributed by atoms with Crippen molar-refractivity contribution in [2.75, 3.05) is 7.11 Å². The number of pyridine rings is 1. The molecule has 2 heterocycles. The number of hydrogen-bond donors (Lipinski definition) is 1. The van der Waals surface area contributed by atoms with E-state index in [0.29, 0.717) is 12.2 Å². The second-order valence-electron chi connectivity index (χ2n) is 6.76. The van der Waals surface area contributed by atoms with Crippen LogP contribution in [0.15, 0.2) is 90.3 Å². The zero-order chi connectivity index (χ0) is 21.5. The summed E-state index contributed by atoms with van der Waals surface area (Å²) in [6.45, 7) is 0.623. The summed E-state index contributed by atoms with van der Waals surface area (Å²) in [5.41, 5.74) is 6.41. The van der Waals surface area contributed by atoms with Crippen molar-refractivity contribution in [3.63, 3.8) is 0 Å². The van der Waals surface area contributed by atoms with Crippen LogP contribution in [0.4, 0.5) is 0 Å². The first-order valence-corrected chi connectivity index (χ1v) is 9.73. The minimum absolute atomic E-state index is 0.301. The van der Waals surface area contributed by atoms with Crippen LogP contribution in [0.1, 0.15) is 21.6 Å². The summed E-state index contributed by atoms with van der Waals surface area (Å²) in [6, 6.07) is 22.9. The number of ether oxygens (including phenoxy) is 1. The van der Waals surface area contributed by atoms with Gasteiger partial charge in [0.2, 0.25) is 0 Å². The highest BCUT2D eigenvalue weighted by Crippen LogP contribution is 2.24. The number of benzene rings is 2. The van der Waals surface area contributed by atoms with Gasteiger partial charge in [-0.2, -0.15) is 10.2 Å².